The maximum absolute atomic E-state index is 12.3. The molecule has 1 N–H and O–H groups in total. The van der Waals surface area contributed by atoms with E-state index in [2.05, 4.69) is 233 Å². The summed E-state index contributed by atoms with van der Waals surface area (Å²) in [6, 6.07) is 0. The highest BCUT2D eigenvalue weighted by Crippen LogP contribution is 2.12. The number of aliphatic hydroxyl groups excluding tert-OH is 1. The molecular weight excluding hydrogens is 981 g/mol. The summed E-state index contributed by atoms with van der Waals surface area (Å²) in [5, 5.41) is 9.67. The average molecular weight is 1090 g/mol. The monoisotopic (exact) mass is 1090 g/mol. The van der Waals surface area contributed by atoms with Crippen molar-refractivity contribution in [2.45, 2.75) is 225 Å². The Morgan fingerprint density at radius 2 is 0.500 bits per heavy atom. The molecule has 0 aliphatic carbocycles. The molecule has 1 atom stereocenters. The number of esters is 2. The molecule has 0 spiro atoms. The minimum atomic E-state index is -0.815. The first-order chi connectivity index (χ1) is 39.6. The summed E-state index contributed by atoms with van der Waals surface area (Å²) in [5.41, 5.74) is 0. The third-order valence-corrected chi connectivity index (χ3v) is 12.3. The quantitative estimate of drug-likeness (QED) is 0.0373. The second-order valence-corrected chi connectivity index (χ2v) is 19.7. The van der Waals surface area contributed by atoms with Crippen LogP contribution in [0.3, 0.4) is 0 Å². The second-order valence-electron chi connectivity index (χ2n) is 19.7. The predicted molar refractivity (Wildman–Crippen MR) is 352 cm³/mol. The van der Waals surface area contributed by atoms with Gasteiger partial charge in [-0.1, -0.05) is 271 Å². The molecule has 0 saturated carbocycles. The van der Waals surface area contributed by atoms with Gasteiger partial charge in [-0.25, -0.2) is 0 Å². The van der Waals surface area contributed by atoms with Gasteiger partial charge >= 0.3 is 11.9 Å². The Morgan fingerprint density at radius 1 is 0.287 bits per heavy atom. The number of carbonyl (C=O) groups is 2. The fourth-order valence-corrected chi connectivity index (χ4v) is 7.66. The first kappa shape index (κ1) is 74.2. The van der Waals surface area contributed by atoms with Gasteiger partial charge in [0, 0.05) is 12.8 Å². The number of hydrogen-bond acceptors (Lipinski definition) is 5. The molecule has 5 nitrogen and oxygen atoms in total. The minimum Gasteiger partial charge on any atom is -0.462 e. The summed E-state index contributed by atoms with van der Waals surface area (Å²) >= 11 is 0. The number of aliphatic hydroxyl groups is 1. The first-order valence-electron chi connectivity index (χ1n) is 31.3. The Balaban J connectivity index is 3.71. The van der Waals surface area contributed by atoms with Crippen LogP contribution < -0.4 is 0 Å². The van der Waals surface area contributed by atoms with Crippen molar-refractivity contribution in [1.29, 1.82) is 0 Å². The number of rotatable bonds is 54. The lowest BCUT2D eigenvalue weighted by atomic mass is 10.1. The minimum absolute atomic E-state index is 0.102. The van der Waals surface area contributed by atoms with Crippen LogP contribution in [0, 0.1) is 0 Å². The van der Waals surface area contributed by atoms with E-state index >= 15 is 0 Å². The van der Waals surface area contributed by atoms with E-state index in [0.29, 0.717) is 12.8 Å². The summed E-state index contributed by atoms with van der Waals surface area (Å²) in [7, 11) is 0. The van der Waals surface area contributed by atoms with Crippen molar-refractivity contribution in [2.24, 2.45) is 0 Å². The molecule has 0 rings (SSSR count). The zero-order chi connectivity index (χ0) is 57.6. The Bertz CT molecular complexity index is 1960. The van der Waals surface area contributed by atoms with E-state index < -0.39 is 6.10 Å². The van der Waals surface area contributed by atoms with E-state index in [1.54, 1.807) is 0 Å². The molecule has 0 saturated heterocycles. The van der Waals surface area contributed by atoms with Crippen molar-refractivity contribution in [3.05, 3.63) is 219 Å². The van der Waals surface area contributed by atoms with Gasteiger partial charge in [0.1, 0.15) is 6.61 Å². The number of unbranched alkanes of at least 4 members (excludes halogenated alkanes) is 10. The lowest BCUT2D eigenvalue weighted by molar-refractivity contribution is -0.161. The van der Waals surface area contributed by atoms with Gasteiger partial charge in [-0.2, -0.15) is 0 Å². The summed E-state index contributed by atoms with van der Waals surface area (Å²) in [6.07, 6.45) is 111. The number of carbonyl (C=O) groups excluding carboxylic acids is 2. The topological polar surface area (TPSA) is 72.8 Å². The summed E-state index contributed by atoms with van der Waals surface area (Å²) in [4.78, 5) is 24.6. The Kier molecular flexibility index (Phi) is 62.6. The molecule has 0 aromatic carbocycles. The Labute approximate surface area is 491 Å². The van der Waals surface area contributed by atoms with Gasteiger partial charge in [-0.3, -0.25) is 9.59 Å². The molecule has 0 aromatic heterocycles. The van der Waals surface area contributed by atoms with Gasteiger partial charge in [-0.05, 0) is 154 Å². The fraction of sp³-hybridized carbons (Fsp3) is 0.493. The number of ether oxygens (including phenoxy) is 2. The van der Waals surface area contributed by atoms with Gasteiger partial charge < -0.3 is 14.6 Å². The molecule has 0 aliphatic heterocycles. The van der Waals surface area contributed by atoms with E-state index in [1.165, 1.54) is 25.7 Å². The van der Waals surface area contributed by atoms with Crippen LogP contribution in [0.1, 0.15) is 219 Å². The smallest absolute Gasteiger partial charge is 0.306 e. The molecule has 80 heavy (non-hydrogen) atoms. The third kappa shape index (κ3) is 64.7. The lowest BCUT2D eigenvalue weighted by Crippen LogP contribution is -2.28. The molecule has 0 radical (unpaired) electrons. The van der Waals surface area contributed by atoms with Gasteiger partial charge in [0.25, 0.3) is 0 Å². The van der Waals surface area contributed by atoms with Crippen LogP contribution in [0.5, 0.6) is 0 Å². The molecule has 0 aromatic rings. The third-order valence-electron chi connectivity index (χ3n) is 12.3. The molecule has 5 heteroatoms. The zero-order valence-electron chi connectivity index (χ0n) is 50.5. The molecule has 0 bridgehead atoms. The summed E-state index contributed by atoms with van der Waals surface area (Å²) in [6.45, 7) is 3.86. The van der Waals surface area contributed by atoms with Crippen LogP contribution in [0.25, 0.3) is 0 Å². The largest absolute Gasteiger partial charge is 0.462 e. The van der Waals surface area contributed by atoms with Crippen LogP contribution in [0.15, 0.2) is 219 Å². The van der Waals surface area contributed by atoms with Gasteiger partial charge in [0.15, 0.2) is 6.10 Å². The second kappa shape index (κ2) is 67.5. The first-order valence-corrected chi connectivity index (χ1v) is 31.3. The van der Waals surface area contributed by atoms with Crippen LogP contribution in [-0.4, -0.2) is 36.4 Å². The van der Waals surface area contributed by atoms with E-state index in [-0.39, 0.29) is 25.2 Å². The SMILES string of the molecule is CC/C=C\C/C=C\C/C=C\C/C=C\C/C=C\C/C=C\C/C=C\C/C=C\C/C=C\C/C=C\C/C=C\CCCCCC(=O)OC(CO)COC(=O)CCCCCCCCC/C=C\C/C=C\C/C=C\C/C=C\C/C=C\C/C=C\C/C=C\CC. The van der Waals surface area contributed by atoms with E-state index in [0.717, 1.165) is 167 Å². The fourth-order valence-electron chi connectivity index (χ4n) is 7.66. The van der Waals surface area contributed by atoms with E-state index in [9.17, 15) is 14.7 Å². The molecule has 1 unspecified atom stereocenters. The van der Waals surface area contributed by atoms with Crippen LogP contribution in [0.2, 0.25) is 0 Å². The zero-order valence-corrected chi connectivity index (χ0v) is 50.5. The van der Waals surface area contributed by atoms with E-state index in [4.69, 9.17) is 9.47 Å². The van der Waals surface area contributed by atoms with Gasteiger partial charge in [0.05, 0.1) is 6.61 Å². The van der Waals surface area contributed by atoms with Crippen molar-refractivity contribution < 1.29 is 24.2 Å². The standard InChI is InChI=1S/C75H112O5/c1-3-5-7-9-11-13-15-17-19-21-23-25-27-29-31-33-34-35-36-37-38-39-40-42-44-46-48-50-52-54-56-58-60-62-64-66-68-70-75(78)80-73(71-76)72-79-74(77)69-67-65-63-61-59-57-55-53-51-49-47-45-43-41-32-30-28-26-24-22-20-18-16-14-12-10-8-6-4-2/h5-8,11-14,17-20,23-26,29-32,34-35,37-38,40,42-43,45-46,48-49,51-52,54,58,60,73,76H,3-4,9-10,15-16,21-22,27-28,33,36,39,41,44,47,50,53,55-57,59,61-72H2,1-2H3/b7-5-,8-6-,13-11-,14-12-,19-17-,20-18-,25-23-,26-24-,31-29-,32-30-,35-34-,38-37-,42-40-,45-43-,48-46-,51-49-,54-52-,60-58-. The molecule has 0 fully saturated rings. The molecule has 442 valence electrons. The van der Waals surface area contributed by atoms with Crippen LogP contribution >= 0.6 is 0 Å². The molecule has 0 heterocycles. The number of allylic oxidation sites excluding steroid dienone is 36. The predicted octanol–water partition coefficient (Wildman–Crippen LogP) is 22.0. The lowest BCUT2D eigenvalue weighted by Gasteiger charge is -2.15. The van der Waals surface area contributed by atoms with Crippen molar-refractivity contribution in [3.63, 3.8) is 0 Å². The van der Waals surface area contributed by atoms with Gasteiger partial charge in [-0.15, -0.1) is 0 Å². The Morgan fingerprint density at radius 3 is 0.762 bits per heavy atom. The van der Waals surface area contributed by atoms with Crippen molar-refractivity contribution in [1.82, 2.24) is 0 Å². The normalized spacial score (nSPS) is 13.8. The van der Waals surface area contributed by atoms with Gasteiger partial charge in [0.2, 0.25) is 0 Å². The van der Waals surface area contributed by atoms with Crippen molar-refractivity contribution in [3.8, 4) is 0 Å². The molecule has 0 aliphatic rings. The molecule has 0 amide bonds. The van der Waals surface area contributed by atoms with Crippen molar-refractivity contribution in [2.75, 3.05) is 13.2 Å². The van der Waals surface area contributed by atoms with E-state index in [1.807, 2.05) is 0 Å². The van der Waals surface area contributed by atoms with Crippen molar-refractivity contribution >= 4 is 11.9 Å². The maximum Gasteiger partial charge on any atom is 0.306 e. The Hall–Kier alpha value is -5.78. The highest BCUT2D eigenvalue weighted by atomic mass is 16.6. The average Bonchev–Trinajstić information content (AvgIpc) is 3.46. The highest BCUT2D eigenvalue weighted by molar-refractivity contribution is 5.70. The summed E-state index contributed by atoms with van der Waals surface area (Å²) < 4.78 is 10.7. The number of hydrogen-bond donors (Lipinski definition) is 1. The highest BCUT2D eigenvalue weighted by Gasteiger charge is 2.16. The molecular formula is C75H112O5. The summed E-state index contributed by atoms with van der Waals surface area (Å²) in [5.74, 6) is -0.661. The van der Waals surface area contributed by atoms with Crippen LogP contribution in [-0.2, 0) is 19.1 Å². The maximum atomic E-state index is 12.3. The van der Waals surface area contributed by atoms with Crippen LogP contribution in [0.4, 0.5) is 0 Å².